The van der Waals surface area contributed by atoms with Gasteiger partial charge in [0.05, 0.1) is 6.20 Å². The summed E-state index contributed by atoms with van der Waals surface area (Å²) in [6.45, 7) is 0. The van der Waals surface area contributed by atoms with Crippen molar-refractivity contribution < 1.29 is 9.47 Å². The lowest BCUT2D eigenvalue weighted by Gasteiger charge is -2.23. The van der Waals surface area contributed by atoms with E-state index in [1.165, 1.54) is 15.9 Å². The van der Waals surface area contributed by atoms with Crippen molar-refractivity contribution in [1.29, 1.82) is 0 Å². The fourth-order valence-corrected chi connectivity index (χ4v) is 7.58. The predicted molar refractivity (Wildman–Crippen MR) is 154 cm³/mol. The lowest BCUT2D eigenvalue weighted by atomic mass is 9.97. The van der Waals surface area contributed by atoms with Crippen molar-refractivity contribution in [2.75, 3.05) is 0 Å². The summed E-state index contributed by atoms with van der Waals surface area (Å²) in [6, 6.07) is 42.0. The van der Waals surface area contributed by atoms with Crippen molar-refractivity contribution in [3.05, 3.63) is 134 Å². The number of aromatic nitrogens is 1. The van der Waals surface area contributed by atoms with E-state index < -0.39 is 7.92 Å². The Morgan fingerprint density at radius 3 is 1.78 bits per heavy atom. The van der Waals surface area contributed by atoms with Crippen molar-refractivity contribution in [3.63, 3.8) is 0 Å². The molecule has 0 saturated heterocycles. The third-order valence-corrected chi connectivity index (χ3v) is 9.38. The maximum atomic E-state index is 6.32. The van der Waals surface area contributed by atoms with Crippen LogP contribution in [0.2, 0.25) is 0 Å². The molecule has 0 atom stereocenters. The number of para-hydroxylation sites is 2. The van der Waals surface area contributed by atoms with Crippen LogP contribution in [-0.2, 0) is 0 Å². The summed E-state index contributed by atoms with van der Waals surface area (Å²) < 4.78 is 12.6. The molecule has 0 fully saturated rings. The summed E-state index contributed by atoms with van der Waals surface area (Å²) in [4.78, 5) is 4.74. The SMILES string of the molecule is c1ccc([PH+](c2ccccc2)c2cncc(-c3cc4c(c5ccccc35)Oc3ccccc3O4)c2)cc1. The Labute approximate surface area is 216 Å². The zero-order valence-electron chi connectivity index (χ0n) is 20.0. The fourth-order valence-electron chi connectivity index (χ4n) is 5.02. The molecule has 0 saturated carbocycles. The molecule has 0 N–H and O–H groups in total. The predicted octanol–water partition coefficient (Wildman–Crippen LogP) is 7.29. The monoisotopic (exact) mass is 496 g/mol. The molecule has 0 spiro atoms. The molecule has 0 aliphatic carbocycles. The smallest absolute Gasteiger partial charge is 0.177 e. The van der Waals surface area contributed by atoms with Gasteiger partial charge in [0, 0.05) is 17.1 Å². The van der Waals surface area contributed by atoms with Crippen molar-refractivity contribution in [2.45, 2.75) is 0 Å². The molecule has 4 heteroatoms. The van der Waals surface area contributed by atoms with Crippen molar-refractivity contribution in [2.24, 2.45) is 0 Å². The van der Waals surface area contributed by atoms with Crippen LogP contribution in [0.4, 0.5) is 0 Å². The highest BCUT2D eigenvalue weighted by atomic mass is 31.1. The molecule has 176 valence electrons. The van der Waals surface area contributed by atoms with Crippen LogP contribution in [0.1, 0.15) is 0 Å². The largest absolute Gasteiger partial charge is 0.449 e. The molecule has 0 bridgehead atoms. The van der Waals surface area contributed by atoms with E-state index in [9.17, 15) is 0 Å². The van der Waals surface area contributed by atoms with Gasteiger partial charge in [0.1, 0.15) is 23.8 Å². The molecule has 6 aromatic rings. The van der Waals surface area contributed by atoms with E-state index in [-0.39, 0.29) is 0 Å². The number of pyridine rings is 1. The van der Waals surface area contributed by atoms with Crippen LogP contribution >= 0.6 is 7.92 Å². The second-order valence-corrected chi connectivity index (χ2v) is 11.5. The van der Waals surface area contributed by atoms with Crippen LogP contribution in [0.3, 0.4) is 0 Å². The highest BCUT2D eigenvalue weighted by Gasteiger charge is 2.27. The van der Waals surface area contributed by atoms with Crippen LogP contribution in [0.5, 0.6) is 23.0 Å². The quantitative estimate of drug-likeness (QED) is 0.240. The first-order valence-electron chi connectivity index (χ1n) is 12.3. The molecular formula is C33H23NO2P+. The number of benzene rings is 5. The summed E-state index contributed by atoms with van der Waals surface area (Å²) in [5, 5.41) is 6.04. The molecule has 37 heavy (non-hydrogen) atoms. The minimum atomic E-state index is -1.23. The van der Waals surface area contributed by atoms with Crippen LogP contribution in [0, 0.1) is 0 Å². The van der Waals surface area contributed by atoms with E-state index >= 15 is 0 Å². The zero-order chi connectivity index (χ0) is 24.6. The fraction of sp³-hybridized carbons (Fsp3) is 0. The summed E-state index contributed by atoms with van der Waals surface area (Å²) in [6.07, 6.45) is 3.97. The van der Waals surface area contributed by atoms with Gasteiger partial charge in [-0.25, -0.2) is 0 Å². The van der Waals surface area contributed by atoms with E-state index in [1.807, 2.05) is 42.7 Å². The van der Waals surface area contributed by atoms with Gasteiger partial charge in [0.15, 0.2) is 23.0 Å². The van der Waals surface area contributed by atoms with Gasteiger partial charge in [-0.05, 0) is 59.5 Å². The first kappa shape index (κ1) is 21.8. The molecule has 0 radical (unpaired) electrons. The number of nitrogens with zero attached hydrogens (tertiary/aromatic N) is 1. The van der Waals surface area contributed by atoms with Crippen molar-refractivity contribution in [3.8, 4) is 34.1 Å². The Kier molecular flexibility index (Phi) is 5.42. The lowest BCUT2D eigenvalue weighted by molar-refractivity contribution is 0.363. The number of hydrogen-bond donors (Lipinski definition) is 0. The van der Waals surface area contributed by atoms with Gasteiger partial charge < -0.3 is 9.47 Å². The number of rotatable bonds is 4. The van der Waals surface area contributed by atoms with E-state index in [0.717, 1.165) is 44.9 Å². The third-order valence-electron chi connectivity index (χ3n) is 6.71. The number of fused-ring (bicyclic) bond motifs is 4. The van der Waals surface area contributed by atoms with Crippen molar-refractivity contribution in [1.82, 2.24) is 4.98 Å². The Hall–Kier alpha value is -4.46. The average Bonchev–Trinajstić information content (AvgIpc) is 2.97. The number of ether oxygens (including phenoxy) is 2. The van der Waals surface area contributed by atoms with E-state index in [4.69, 9.17) is 14.5 Å². The van der Waals surface area contributed by atoms with Gasteiger partial charge >= 0.3 is 0 Å². The second kappa shape index (κ2) is 9.20. The molecule has 5 aromatic carbocycles. The Balaban J connectivity index is 1.40. The molecule has 1 aromatic heterocycles. The van der Waals surface area contributed by atoms with E-state index in [1.54, 1.807) is 0 Å². The second-order valence-electron chi connectivity index (χ2n) is 9.02. The highest BCUT2D eigenvalue weighted by molar-refractivity contribution is 7.79. The minimum Gasteiger partial charge on any atom is -0.449 e. The molecule has 1 aliphatic heterocycles. The van der Waals surface area contributed by atoms with Crippen molar-refractivity contribution >= 4 is 34.6 Å². The Bertz CT molecular complexity index is 1700. The van der Waals surface area contributed by atoms with Gasteiger partial charge in [0.2, 0.25) is 0 Å². The maximum absolute atomic E-state index is 6.32. The standard InChI is InChI=1S/C33H22NO2P/c1-3-11-24(12-4-1)37(25-13-5-2-6-14-25)26-19-23(21-34-22-26)29-20-32-33(28-16-8-7-15-27(28)29)36-31-18-10-9-17-30(31)35-32/h1-22H/p+1. The minimum absolute atomic E-state index is 0.717. The van der Waals surface area contributed by atoms with Gasteiger partial charge in [-0.15, -0.1) is 0 Å². The summed E-state index contributed by atoms with van der Waals surface area (Å²) in [5.74, 6) is 2.92. The van der Waals surface area contributed by atoms with E-state index in [2.05, 4.69) is 91.0 Å². The third kappa shape index (κ3) is 3.94. The summed E-state index contributed by atoms with van der Waals surface area (Å²) in [5.41, 5.74) is 2.14. The summed E-state index contributed by atoms with van der Waals surface area (Å²) >= 11 is 0. The first-order valence-corrected chi connectivity index (χ1v) is 13.8. The summed E-state index contributed by atoms with van der Waals surface area (Å²) in [7, 11) is -1.23. The first-order chi connectivity index (χ1) is 18.3. The van der Waals surface area contributed by atoms with Gasteiger partial charge in [-0.2, -0.15) is 0 Å². The number of hydrogen-bond acceptors (Lipinski definition) is 3. The van der Waals surface area contributed by atoms with Crippen LogP contribution < -0.4 is 25.4 Å². The Morgan fingerprint density at radius 1 is 0.486 bits per heavy atom. The molecule has 0 amide bonds. The highest BCUT2D eigenvalue weighted by Crippen LogP contribution is 2.50. The molecule has 3 nitrogen and oxygen atoms in total. The normalized spacial score (nSPS) is 11.9. The maximum Gasteiger partial charge on any atom is 0.177 e. The van der Waals surface area contributed by atoms with Gasteiger partial charge in [-0.3, -0.25) is 4.98 Å². The van der Waals surface area contributed by atoms with Gasteiger partial charge in [-0.1, -0.05) is 72.8 Å². The van der Waals surface area contributed by atoms with Crippen LogP contribution in [0.15, 0.2) is 134 Å². The molecule has 0 unspecified atom stereocenters. The Morgan fingerprint density at radius 2 is 1.08 bits per heavy atom. The van der Waals surface area contributed by atoms with Crippen LogP contribution in [0.25, 0.3) is 21.9 Å². The molecular weight excluding hydrogens is 473 g/mol. The topological polar surface area (TPSA) is 31.4 Å². The molecule has 1 aliphatic rings. The van der Waals surface area contributed by atoms with E-state index in [0.29, 0.717) is 0 Å². The molecule has 2 heterocycles. The zero-order valence-corrected chi connectivity index (χ0v) is 21.0. The molecule has 7 rings (SSSR count). The average molecular weight is 497 g/mol. The lowest BCUT2D eigenvalue weighted by Crippen LogP contribution is -2.21. The van der Waals surface area contributed by atoms with Crippen LogP contribution in [-0.4, -0.2) is 4.98 Å². The van der Waals surface area contributed by atoms with Gasteiger partial charge in [0.25, 0.3) is 0 Å².